The maximum Gasteiger partial charge on any atom is 0.236 e. The Morgan fingerprint density at radius 1 is 1.47 bits per heavy atom. The Kier molecular flexibility index (Phi) is 2.94. The van der Waals surface area contributed by atoms with E-state index in [9.17, 15) is 8.42 Å². The molecule has 6 nitrogen and oxygen atoms in total. The number of aromatic nitrogens is 2. The first kappa shape index (κ1) is 12.4. The SMILES string of the molecule is Cn1ncc2cccc(NS(=O)(=O)C3CCNC3)c21. The summed E-state index contributed by atoms with van der Waals surface area (Å²) in [6.45, 7) is 1.26. The van der Waals surface area contributed by atoms with Crippen LogP contribution in [0.1, 0.15) is 6.42 Å². The van der Waals surface area contributed by atoms with Crippen LogP contribution in [0.5, 0.6) is 0 Å². The lowest BCUT2D eigenvalue weighted by Crippen LogP contribution is -2.29. The summed E-state index contributed by atoms with van der Waals surface area (Å²) in [5, 5.41) is 7.78. The second kappa shape index (κ2) is 4.50. The Morgan fingerprint density at radius 2 is 2.32 bits per heavy atom. The summed E-state index contributed by atoms with van der Waals surface area (Å²) >= 11 is 0. The van der Waals surface area contributed by atoms with E-state index in [1.54, 1.807) is 24.0 Å². The zero-order valence-electron chi connectivity index (χ0n) is 10.6. The minimum Gasteiger partial charge on any atom is -0.315 e. The van der Waals surface area contributed by atoms with Crippen molar-refractivity contribution < 1.29 is 8.42 Å². The van der Waals surface area contributed by atoms with Crippen LogP contribution in [0.4, 0.5) is 5.69 Å². The number of nitrogens with one attached hydrogen (secondary N) is 2. The van der Waals surface area contributed by atoms with Gasteiger partial charge in [-0.2, -0.15) is 5.10 Å². The Balaban J connectivity index is 1.99. The topological polar surface area (TPSA) is 76.0 Å². The molecule has 2 heterocycles. The Hall–Kier alpha value is -1.60. The molecule has 0 saturated carbocycles. The average Bonchev–Trinajstić information content (AvgIpc) is 2.99. The van der Waals surface area contributed by atoms with Gasteiger partial charge in [-0.15, -0.1) is 0 Å². The number of sulfonamides is 1. The number of para-hydroxylation sites is 1. The summed E-state index contributed by atoms with van der Waals surface area (Å²) in [4.78, 5) is 0. The Morgan fingerprint density at radius 3 is 3.05 bits per heavy atom. The van der Waals surface area contributed by atoms with Gasteiger partial charge >= 0.3 is 0 Å². The summed E-state index contributed by atoms with van der Waals surface area (Å²) in [5.41, 5.74) is 1.39. The molecule has 1 aromatic carbocycles. The molecule has 2 aromatic rings. The second-order valence-electron chi connectivity index (χ2n) is 4.77. The molecule has 2 N–H and O–H groups in total. The maximum atomic E-state index is 12.3. The first-order chi connectivity index (χ1) is 9.08. The number of anilines is 1. The van der Waals surface area contributed by atoms with Crippen molar-refractivity contribution in [1.29, 1.82) is 0 Å². The van der Waals surface area contributed by atoms with E-state index in [0.717, 1.165) is 17.4 Å². The summed E-state index contributed by atoms with van der Waals surface area (Å²) in [6, 6.07) is 5.51. The molecule has 3 rings (SSSR count). The molecule has 0 bridgehead atoms. The van der Waals surface area contributed by atoms with E-state index in [2.05, 4.69) is 15.1 Å². The zero-order valence-corrected chi connectivity index (χ0v) is 11.4. The van der Waals surface area contributed by atoms with Crippen molar-refractivity contribution in [3.05, 3.63) is 24.4 Å². The van der Waals surface area contributed by atoms with Crippen molar-refractivity contribution in [2.24, 2.45) is 7.05 Å². The van der Waals surface area contributed by atoms with Crippen LogP contribution in [0.25, 0.3) is 10.9 Å². The average molecular weight is 280 g/mol. The van der Waals surface area contributed by atoms with Crippen LogP contribution in [0, 0.1) is 0 Å². The normalized spacial score (nSPS) is 19.9. The smallest absolute Gasteiger partial charge is 0.236 e. The number of aryl methyl sites for hydroxylation is 1. The molecule has 1 aliphatic heterocycles. The number of hydrogen-bond donors (Lipinski definition) is 2. The summed E-state index contributed by atoms with van der Waals surface area (Å²) in [5.74, 6) is 0. The van der Waals surface area contributed by atoms with Crippen molar-refractivity contribution in [3.63, 3.8) is 0 Å². The highest BCUT2D eigenvalue weighted by molar-refractivity contribution is 7.93. The van der Waals surface area contributed by atoms with Gasteiger partial charge in [0.15, 0.2) is 0 Å². The van der Waals surface area contributed by atoms with Gasteiger partial charge in [0, 0.05) is 19.0 Å². The quantitative estimate of drug-likeness (QED) is 0.867. The maximum absolute atomic E-state index is 12.3. The lowest BCUT2D eigenvalue weighted by molar-refractivity contribution is 0.588. The van der Waals surface area contributed by atoms with Crippen molar-refractivity contribution in [2.75, 3.05) is 17.8 Å². The van der Waals surface area contributed by atoms with E-state index in [4.69, 9.17) is 0 Å². The van der Waals surface area contributed by atoms with Gasteiger partial charge in [0.25, 0.3) is 0 Å². The van der Waals surface area contributed by atoms with E-state index in [1.807, 2.05) is 12.1 Å². The molecule has 102 valence electrons. The molecular weight excluding hydrogens is 264 g/mol. The molecule has 0 spiro atoms. The zero-order chi connectivity index (χ0) is 13.5. The molecule has 0 amide bonds. The fraction of sp³-hybridized carbons (Fsp3) is 0.417. The van der Waals surface area contributed by atoms with Crippen molar-refractivity contribution in [2.45, 2.75) is 11.7 Å². The number of benzene rings is 1. The van der Waals surface area contributed by atoms with Gasteiger partial charge < -0.3 is 5.32 Å². The summed E-state index contributed by atoms with van der Waals surface area (Å²) < 4.78 is 29.0. The first-order valence-electron chi connectivity index (χ1n) is 6.21. The van der Waals surface area contributed by atoms with Crippen molar-refractivity contribution >= 4 is 26.6 Å². The van der Waals surface area contributed by atoms with Gasteiger partial charge in [0.2, 0.25) is 10.0 Å². The van der Waals surface area contributed by atoms with E-state index < -0.39 is 10.0 Å². The fourth-order valence-electron chi connectivity index (χ4n) is 2.45. The molecular formula is C12H16N4O2S. The van der Waals surface area contributed by atoms with E-state index in [0.29, 0.717) is 18.7 Å². The Labute approximate surface area is 111 Å². The van der Waals surface area contributed by atoms with E-state index in [-0.39, 0.29) is 5.25 Å². The van der Waals surface area contributed by atoms with Gasteiger partial charge in [-0.3, -0.25) is 9.40 Å². The van der Waals surface area contributed by atoms with E-state index in [1.165, 1.54) is 0 Å². The minimum absolute atomic E-state index is 0.365. The third-order valence-electron chi connectivity index (χ3n) is 3.47. The van der Waals surface area contributed by atoms with Gasteiger partial charge in [0.1, 0.15) is 0 Å². The minimum atomic E-state index is -3.35. The fourth-order valence-corrected chi connectivity index (χ4v) is 3.85. The highest BCUT2D eigenvalue weighted by Crippen LogP contribution is 2.24. The van der Waals surface area contributed by atoms with Crippen LogP contribution in [-0.2, 0) is 17.1 Å². The van der Waals surface area contributed by atoms with Gasteiger partial charge in [-0.05, 0) is 19.0 Å². The van der Waals surface area contributed by atoms with Crippen LogP contribution < -0.4 is 10.0 Å². The predicted molar refractivity (Wildman–Crippen MR) is 74.5 cm³/mol. The number of fused-ring (bicyclic) bond motifs is 1. The largest absolute Gasteiger partial charge is 0.315 e. The first-order valence-corrected chi connectivity index (χ1v) is 7.75. The predicted octanol–water partition coefficient (Wildman–Crippen LogP) is 0.677. The molecule has 1 fully saturated rings. The molecule has 0 aliphatic carbocycles. The molecule has 1 atom stereocenters. The highest BCUT2D eigenvalue weighted by Gasteiger charge is 2.29. The molecule has 1 aliphatic rings. The number of nitrogens with zero attached hydrogens (tertiary/aromatic N) is 2. The third kappa shape index (κ3) is 2.19. The third-order valence-corrected chi connectivity index (χ3v) is 5.25. The molecule has 7 heteroatoms. The van der Waals surface area contributed by atoms with Crippen LogP contribution in [0.2, 0.25) is 0 Å². The Bertz CT molecular complexity index is 702. The lowest BCUT2D eigenvalue weighted by Gasteiger charge is -2.14. The van der Waals surface area contributed by atoms with Gasteiger partial charge in [-0.1, -0.05) is 12.1 Å². The molecule has 19 heavy (non-hydrogen) atoms. The standard InChI is InChI=1S/C12H16N4O2S/c1-16-12-9(7-14-16)3-2-4-11(12)15-19(17,18)10-5-6-13-8-10/h2-4,7,10,13,15H,5-6,8H2,1H3. The van der Waals surface area contributed by atoms with Crippen molar-refractivity contribution in [3.8, 4) is 0 Å². The molecule has 1 unspecified atom stereocenters. The van der Waals surface area contributed by atoms with Crippen LogP contribution in [-0.4, -0.2) is 36.5 Å². The monoisotopic (exact) mass is 280 g/mol. The van der Waals surface area contributed by atoms with Gasteiger partial charge in [-0.25, -0.2) is 8.42 Å². The van der Waals surface area contributed by atoms with Crippen LogP contribution >= 0.6 is 0 Å². The number of hydrogen-bond acceptors (Lipinski definition) is 4. The highest BCUT2D eigenvalue weighted by atomic mass is 32.2. The lowest BCUT2D eigenvalue weighted by atomic mass is 10.2. The van der Waals surface area contributed by atoms with Crippen molar-refractivity contribution in [1.82, 2.24) is 15.1 Å². The summed E-state index contributed by atoms with van der Waals surface area (Å²) in [7, 11) is -1.55. The summed E-state index contributed by atoms with van der Waals surface area (Å²) in [6.07, 6.45) is 2.38. The number of rotatable bonds is 3. The molecule has 1 saturated heterocycles. The van der Waals surface area contributed by atoms with Crippen LogP contribution in [0.15, 0.2) is 24.4 Å². The van der Waals surface area contributed by atoms with E-state index >= 15 is 0 Å². The van der Waals surface area contributed by atoms with Crippen LogP contribution in [0.3, 0.4) is 0 Å². The molecule has 1 aromatic heterocycles. The molecule has 0 radical (unpaired) electrons. The van der Waals surface area contributed by atoms with Gasteiger partial charge in [0.05, 0.1) is 22.7 Å². The second-order valence-corrected chi connectivity index (χ2v) is 6.73.